The van der Waals surface area contributed by atoms with E-state index in [-0.39, 0.29) is 22.6 Å². The molecular formula is C20H26FN3O4. The molecule has 0 saturated heterocycles. The molecule has 2 aromatic rings. The summed E-state index contributed by atoms with van der Waals surface area (Å²) in [5, 5.41) is 0. The topological polar surface area (TPSA) is 73.5 Å². The molecule has 1 heterocycles. The van der Waals surface area contributed by atoms with Gasteiger partial charge < -0.3 is 9.30 Å². The average Bonchev–Trinajstić information content (AvgIpc) is 2.67. The molecule has 0 spiro atoms. The van der Waals surface area contributed by atoms with Crippen molar-refractivity contribution in [3.8, 4) is 5.75 Å². The normalized spacial score (nSPS) is 11.1. The summed E-state index contributed by atoms with van der Waals surface area (Å²) in [6.45, 7) is 5.68. The summed E-state index contributed by atoms with van der Waals surface area (Å²) in [5.74, 6) is -0.375. The van der Waals surface area contributed by atoms with Crippen molar-refractivity contribution in [2.75, 3.05) is 26.2 Å². The molecule has 0 amide bonds. The number of hydrogen-bond acceptors (Lipinski definition) is 5. The van der Waals surface area contributed by atoms with Crippen molar-refractivity contribution >= 4 is 5.78 Å². The highest BCUT2D eigenvalue weighted by molar-refractivity contribution is 5.96. The molecule has 2 rings (SSSR count). The Morgan fingerprint density at radius 2 is 1.86 bits per heavy atom. The Kier molecular flexibility index (Phi) is 7.28. The predicted molar refractivity (Wildman–Crippen MR) is 105 cm³/mol. The molecule has 0 radical (unpaired) electrons. The van der Waals surface area contributed by atoms with Crippen molar-refractivity contribution < 1.29 is 13.9 Å². The summed E-state index contributed by atoms with van der Waals surface area (Å²) in [4.78, 5) is 37.6. The summed E-state index contributed by atoms with van der Waals surface area (Å²) < 4.78 is 21.6. The molecule has 0 aliphatic heterocycles. The summed E-state index contributed by atoms with van der Waals surface area (Å²) in [6, 6.07) is 5.36. The van der Waals surface area contributed by atoms with E-state index >= 15 is 0 Å². The summed E-state index contributed by atoms with van der Waals surface area (Å²) in [6.07, 6.45) is 0.547. The van der Waals surface area contributed by atoms with Crippen LogP contribution >= 0.6 is 0 Å². The summed E-state index contributed by atoms with van der Waals surface area (Å²) in [7, 11) is 3.10. The van der Waals surface area contributed by atoms with Crippen LogP contribution in [0, 0.1) is 5.82 Å². The fourth-order valence-electron chi connectivity index (χ4n) is 2.91. The quantitative estimate of drug-likeness (QED) is 0.604. The molecule has 0 saturated carbocycles. The molecule has 1 aromatic heterocycles. The van der Waals surface area contributed by atoms with Gasteiger partial charge in [-0.25, -0.2) is 9.18 Å². The van der Waals surface area contributed by atoms with Gasteiger partial charge in [-0.1, -0.05) is 6.92 Å². The second kappa shape index (κ2) is 9.45. The Morgan fingerprint density at radius 1 is 1.14 bits per heavy atom. The first kappa shape index (κ1) is 21.6. The zero-order valence-corrected chi connectivity index (χ0v) is 16.7. The highest BCUT2D eigenvalue weighted by Crippen LogP contribution is 2.20. The molecule has 0 aliphatic rings. The van der Waals surface area contributed by atoms with E-state index < -0.39 is 5.82 Å². The molecule has 0 bridgehead atoms. The van der Waals surface area contributed by atoms with Gasteiger partial charge in [0.1, 0.15) is 18.2 Å². The monoisotopic (exact) mass is 391 g/mol. The van der Waals surface area contributed by atoms with Gasteiger partial charge in [0.05, 0.1) is 5.56 Å². The van der Waals surface area contributed by atoms with Crippen molar-refractivity contribution in [2.24, 2.45) is 14.1 Å². The van der Waals surface area contributed by atoms with Gasteiger partial charge in [-0.15, -0.1) is 0 Å². The van der Waals surface area contributed by atoms with Gasteiger partial charge in [0.15, 0.2) is 5.78 Å². The van der Waals surface area contributed by atoms with Gasteiger partial charge in [0.25, 0.3) is 5.56 Å². The SMILES string of the molecule is CCN(CCOc1ccc(F)cc1C(C)=O)CCc1cc(=O)n(C)c(=O)n1C. The van der Waals surface area contributed by atoms with Crippen molar-refractivity contribution in [3.05, 3.63) is 62.2 Å². The van der Waals surface area contributed by atoms with Crippen molar-refractivity contribution in [3.63, 3.8) is 0 Å². The van der Waals surface area contributed by atoms with Crippen LogP contribution in [0.25, 0.3) is 0 Å². The molecule has 28 heavy (non-hydrogen) atoms. The fraction of sp³-hybridized carbons (Fsp3) is 0.450. The molecule has 0 fully saturated rings. The third kappa shape index (κ3) is 5.16. The summed E-state index contributed by atoms with van der Waals surface area (Å²) >= 11 is 0. The lowest BCUT2D eigenvalue weighted by molar-refractivity contribution is 0.101. The number of carbonyl (C=O) groups excluding carboxylic acids is 1. The van der Waals surface area contributed by atoms with Crippen molar-refractivity contribution in [1.82, 2.24) is 14.0 Å². The molecule has 0 unspecified atom stereocenters. The van der Waals surface area contributed by atoms with Gasteiger partial charge in [-0.05, 0) is 31.7 Å². The van der Waals surface area contributed by atoms with E-state index in [9.17, 15) is 18.8 Å². The number of nitrogens with zero attached hydrogens (tertiary/aromatic N) is 3. The minimum atomic E-state index is -0.479. The number of ether oxygens (including phenoxy) is 1. The number of halogens is 1. The second-order valence-corrected chi connectivity index (χ2v) is 6.60. The zero-order valence-electron chi connectivity index (χ0n) is 16.7. The van der Waals surface area contributed by atoms with Crippen LogP contribution in [0.15, 0.2) is 33.9 Å². The number of aromatic nitrogens is 2. The van der Waals surface area contributed by atoms with Crippen LogP contribution in [0.2, 0.25) is 0 Å². The van der Waals surface area contributed by atoms with E-state index in [1.165, 1.54) is 42.8 Å². The van der Waals surface area contributed by atoms with Gasteiger partial charge >= 0.3 is 5.69 Å². The van der Waals surface area contributed by atoms with Crippen LogP contribution < -0.4 is 16.0 Å². The van der Waals surface area contributed by atoms with E-state index in [4.69, 9.17) is 4.74 Å². The first-order valence-corrected chi connectivity index (χ1v) is 9.16. The number of likely N-dealkylation sites (N-methyl/N-ethyl adjacent to an activating group) is 1. The molecule has 152 valence electrons. The molecule has 0 N–H and O–H groups in total. The first-order valence-electron chi connectivity index (χ1n) is 9.16. The average molecular weight is 391 g/mol. The Bertz CT molecular complexity index is 965. The molecule has 0 aliphatic carbocycles. The highest BCUT2D eigenvalue weighted by Gasteiger charge is 2.12. The van der Waals surface area contributed by atoms with E-state index in [1.807, 2.05) is 6.92 Å². The molecule has 0 atom stereocenters. The Hall–Kier alpha value is -2.74. The zero-order chi connectivity index (χ0) is 20.8. The minimum absolute atomic E-state index is 0.221. The van der Waals surface area contributed by atoms with Crippen molar-refractivity contribution in [1.29, 1.82) is 0 Å². The van der Waals surface area contributed by atoms with Crippen LogP contribution in [-0.4, -0.2) is 46.1 Å². The second-order valence-electron chi connectivity index (χ2n) is 6.60. The Balaban J connectivity index is 1.97. The van der Waals surface area contributed by atoms with Crippen LogP contribution in [0.5, 0.6) is 5.75 Å². The lowest BCUT2D eigenvalue weighted by Crippen LogP contribution is -2.39. The van der Waals surface area contributed by atoms with Crippen LogP contribution in [0.1, 0.15) is 29.9 Å². The van der Waals surface area contributed by atoms with Crippen LogP contribution in [0.4, 0.5) is 4.39 Å². The summed E-state index contributed by atoms with van der Waals surface area (Å²) in [5.41, 5.74) is 0.225. The Labute approximate surface area is 163 Å². The molecule has 8 heteroatoms. The maximum absolute atomic E-state index is 13.3. The highest BCUT2D eigenvalue weighted by atomic mass is 19.1. The Morgan fingerprint density at radius 3 is 2.50 bits per heavy atom. The smallest absolute Gasteiger partial charge is 0.330 e. The van der Waals surface area contributed by atoms with E-state index in [0.717, 1.165) is 11.1 Å². The van der Waals surface area contributed by atoms with E-state index in [0.29, 0.717) is 37.6 Å². The number of ketones is 1. The number of carbonyl (C=O) groups is 1. The maximum atomic E-state index is 13.3. The molecular weight excluding hydrogens is 365 g/mol. The maximum Gasteiger partial charge on any atom is 0.330 e. The first-order chi connectivity index (χ1) is 13.2. The molecule has 7 nitrogen and oxygen atoms in total. The van der Waals surface area contributed by atoms with Gasteiger partial charge in [0.2, 0.25) is 0 Å². The van der Waals surface area contributed by atoms with E-state index in [2.05, 4.69) is 4.90 Å². The largest absolute Gasteiger partial charge is 0.491 e. The number of Topliss-reactive ketones (excluding diaryl/α,β-unsaturated/α-hetero) is 1. The minimum Gasteiger partial charge on any atom is -0.491 e. The van der Waals surface area contributed by atoms with Crippen molar-refractivity contribution in [2.45, 2.75) is 20.3 Å². The predicted octanol–water partition coefficient (Wildman–Crippen LogP) is 1.37. The number of benzene rings is 1. The number of rotatable bonds is 9. The van der Waals surface area contributed by atoms with Gasteiger partial charge in [0, 0.05) is 45.4 Å². The van der Waals surface area contributed by atoms with Gasteiger partial charge in [-0.3, -0.25) is 19.1 Å². The third-order valence-electron chi connectivity index (χ3n) is 4.74. The lowest BCUT2D eigenvalue weighted by Gasteiger charge is -2.21. The third-order valence-corrected chi connectivity index (χ3v) is 4.74. The number of hydrogen-bond donors (Lipinski definition) is 0. The standard InChI is InChI=1S/C20H26FN3O4/c1-5-24(9-8-16-13-19(26)23(4)20(27)22(16)3)10-11-28-18-7-6-15(21)12-17(18)14(2)25/h6-7,12-13H,5,8-11H2,1-4H3. The molecule has 1 aromatic carbocycles. The fourth-order valence-corrected chi connectivity index (χ4v) is 2.91. The van der Waals surface area contributed by atoms with Crippen LogP contribution in [-0.2, 0) is 20.5 Å². The van der Waals surface area contributed by atoms with Gasteiger partial charge in [-0.2, -0.15) is 0 Å². The lowest BCUT2D eigenvalue weighted by atomic mass is 10.1. The van der Waals surface area contributed by atoms with Crippen LogP contribution in [0.3, 0.4) is 0 Å². The van der Waals surface area contributed by atoms with E-state index in [1.54, 1.807) is 7.05 Å².